The van der Waals surface area contributed by atoms with Gasteiger partial charge in [0.2, 0.25) is 0 Å². The molecule has 29 heavy (non-hydrogen) atoms. The van der Waals surface area contributed by atoms with Crippen molar-refractivity contribution >= 4 is 29.2 Å². The van der Waals surface area contributed by atoms with Gasteiger partial charge in [0.1, 0.15) is 24.8 Å². The van der Waals surface area contributed by atoms with Crippen molar-refractivity contribution in [1.82, 2.24) is 16.2 Å². The third-order valence-electron chi connectivity index (χ3n) is 3.85. The number of hydrogen-bond acceptors (Lipinski definition) is 6. The molecule has 0 fully saturated rings. The molecule has 1 aliphatic rings. The van der Waals surface area contributed by atoms with Gasteiger partial charge in [0.15, 0.2) is 5.11 Å². The number of rotatable bonds is 7. The summed E-state index contributed by atoms with van der Waals surface area (Å²) in [4.78, 5) is 23.7. The minimum absolute atomic E-state index is 0.00838. The summed E-state index contributed by atoms with van der Waals surface area (Å²) in [7, 11) is 2.86. The fourth-order valence-electron chi connectivity index (χ4n) is 2.38. The monoisotopic (exact) mass is 423 g/mol. The van der Waals surface area contributed by atoms with Gasteiger partial charge < -0.3 is 19.5 Å². The zero-order valence-electron chi connectivity index (χ0n) is 16.0. The Labute approximate surface area is 173 Å². The van der Waals surface area contributed by atoms with Crippen LogP contribution in [0.2, 0.25) is 0 Å². The molecule has 0 heterocycles. The predicted molar refractivity (Wildman–Crippen MR) is 107 cm³/mol. The molecule has 1 amide bonds. The first-order chi connectivity index (χ1) is 13.9. The molecule has 3 N–H and O–H groups in total. The number of hydrazine groups is 1. The molecule has 8 nitrogen and oxygen atoms in total. The standard InChI is InChI=1S/C19H22FN3O5S/c1-21-19(29)23-22-17(24)11-28-15-8-13(18(25)26-2)7-14(9-15)27-10-12-5-3-4-6-16(12)20/h3-8,15H,9-11H2,1-2H3,(H,22,24)(H2,21,23,29). The molecule has 0 spiro atoms. The van der Waals surface area contributed by atoms with Crippen LogP contribution in [0.4, 0.5) is 4.39 Å². The van der Waals surface area contributed by atoms with Gasteiger partial charge in [-0.1, -0.05) is 18.2 Å². The number of methoxy groups -OCH3 is 1. The van der Waals surface area contributed by atoms with E-state index in [1.807, 2.05) is 0 Å². The molecule has 156 valence electrons. The number of amides is 1. The summed E-state index contributed by atoms with van der Waals surface area (Å²) in [6.07, 6.45) is 2.72. The van der Waals surface area contributed by atoms with Crippen LogP contribution in [-0.2, 0) is 30.4 Å². The molecular formula is C19H22FN3O5S. The van der Waals surface area contributed by atoms with E-state index in [-0.39, 0.29) is 36.1 Å². The van der Waals surface area contributed by atoms with Gasteiger partial charge in [-0.2, -0.15) is 0 Å². The van der Waals surface area contributed by atoms with Crippen molar-refractivity contribution in [2.45, 2.75) is 19.1 Å². The Morgan fingerprint density at radius 2 is 2.03 bits per heavy atom. The van der Waals surface area contributed by atoms with Crippen molar-refractivity contribution in [2.75, 3.05) is 20.8 Å². The molecule has 0 saturated carbocycles. The number of ether oxygens (including phenoxy) is 3. The van der Waals surface area contributed by atoms with Gasteiger partial charge in [-0.25, -0.2) is 9.18 Å². The SMILES string of the molecule is CNC(=S)NNC(=O)COC1C=C(C(=O)OC)C=C(OCc2ccccc2F)C1. The van der Waals surface area contributed by atoms with Crippen molar-refractivity contribution in [3.63, 3.8) is 0 Å². The van der Waals surface area contributed by atoms with E-state index < -0.39 is 18.0 Å². The molecular weight excluding hydrogens is 401 g/mol. The molecule has 2 rings (SSSR count). The average Bonchev–Trinajstić information content (AvgIpc) is 2.74. The van der Waals surface area contributed by atoms with E-state index in [9.17, 15) is 14.0 Å². The highest BCUT2D eigenvalue weighted by Crippen LogP contribution is 2.23. The highest BCUT2D eigenvalue weighted by atomic mass is 32.1. The number of carbonyl (C=O) groups excluding carboxylic acids is 2. The summed E-state index contributed by atoms with van der Waals surface area (Å²) in [6, 6.07) is 6.24. The van der Waals surface area contributed by atoms with Gasteiger partial charge in [-0.05, 0) is 30.4 Å². The van der Waals surface area contributed by atoms with Crippen LogP contribution in [0.3, 0.4) is 0 Å². The molecule has 1 aromatic rings. The Kier molecular flexibility index (Phi) is 8.56. The first kappa shape index (κ1) is 22.3. The van der Waals surface area contributed by atoms with Gasteiger partial charge in [0.05, 0.1) is 18.8 Å². The maximum Gasteiger partial charge on any atom is 0.337 e. The first-order valence-electron chi connectivity index (χ1n) is 8.68. The van der Waals surface area contributed by atoms with E-state index in [1.54, 1.807) is 31.3 Å². The van der Waals surface area contributed by atoms with Gasteiger partial charge in [0, 0.05) is 19.0 Å². The second-order valence-corrected chi connectivity index (χ2v) is 6.32. The van der Waals surface area contributed by atoms with E-state index in [4.69, 9.17) is 26.4 Å². The highest BCUT2D eigenvalue weighted by Gasteiger charge is 2.22. The lowest BCUT2D eigenvalue weighted by Crippen LogP contribution is -2.47. The first-order valence-corrected chi connectivity index (χ1v) is 9.08. The smallest absolute Gasteiger partial charge is 0.337 e. The molecule has 0 bridgehead atoms. The zero-order chi connectivity index (χ0) is 21.2. The minimum Gasteiger partial charge on any atom is -0.493 e. The van der Waals surface area contributed by atoms with Crippen molar-refractivity contribution < 1.29 is 28.2 Å². The Balaban J connectivity index is 1.97. The number of esters is 1. The van der Waals surface area contributed by atoms with Gasteiger partial charge >= 0.3 is 5.97 Å². The summed E-state index contributed by atoms with van der Waals surface area (Å²) in [5, 5.41) is 2.89. The fraction of sp³-hybridized carbons (Fsp3) is 0.316. The summed E-state index contributed by atoms with van der Waals surface area (Å²) < 4.78 is 29.7. The molecule has 0 aliphatic heterocycles. The Morgan fingerprint density at radius 3 is 2.72 bits per heavy atom. The Bertz CT molecular complexity index is 828. The molecule has 0 saturated heterocycles. The molecule has 1 unspecified atom stereocenters. The van der Waals surface area contributed by atoms with Crippen LogP contribution in [0.5, 0.6) is 0 Å². The maximum atomic E-state index is 13.8. The number of carbonyl (C=O) groups is 2. The molecule has 0 radical (unpaired) electrons. The van der Waals surface area contributed by atoms with Crippen LogP contribution in [0, 0.1) is 5.82 Å². The van der Waals surface area contributed by atoms with E-state index in [0.29, 0.717) is 11.3 Å². The van der Waals surface area contributed by atoms with E-state index in [2.05, 4.69) is 16.2 Å². The molecule has 1 atom stereocenters. The zero-order valence-corrected chi connectivity index (χ0v) is 16.8. The van der Waals surface area contributed by atoms with E-state index >= 15 is 0 Å². The third kappa shape index (κ3) is 7.16. The second-order valence-electron chi connectivity index (χ2n) is 5.91. The quantitative estimate of drug-likeness (QED) is 0.342. The van der Waals surface area contributed by atoms with Crippen LogP contribution >= 0.6 is 12.2 Å². The Morgan fingerprint density at radius 1 is 1.28 bits per heavy atom. The van der Waals surface area contributed by atoms with Crippen LogP contribution in [0.15, 0.2) is 47.7 Å². The van der Waals surface area contributed by atoms with Crippen molar-refractivity contribution in [2.24, 2.45) is 0 Å². The molecule has 1 aliphatic carbocycles. The number of benzene rings is 1. The summed E-state index contributed by atoms with van der Waals surface area (Å²) >= 11 is 4.84. The van der Waals surface area contributed by atoms with Crippen LogP contribution in [-0.4, -0.2) is 43.9 Å². The van der Waals surface area contributed by atoms with Crippen molar-refractivity contribution in [3.8, 4) is 0 Å². The molecule has 0 aromatic heterocycles. The predicted octanol–water partition coefficient (Wildman–Crippen LogP) is 1.24. The van der Waals surface area contributed by atoms with Crippen LogP contribution < -0.4 is 16.2 Å². The molecule has 10 heteroatoms. The number of thiocarbonyl (C=S) groups is 1. The molecule has 1 aromatic carbocycles. The van der Waals surface area contributed by atoms with E-state index in [1.165, 1.54) is 19.3 Å². The number of hydrogen-bond donors (Lipinski definition) is 3. The van der Waals surface area contributed by atoms with Gasteiger partial charge in [-0.15, -0.1) is 0 Å². The summed E-state index contributed by atoms with van der Waals surface area (Å²) in [5.41, 5.74) is 5.46. The summed E-state index contributed by atoms with van der Waals surface area (Å²) in [6.45, 7) is -0.291. The lowest BCUT2D eigenvalue weighted by Gasteiger charge is -2.22. The van der Waals surface area contributed by atoms with Crippen LogP contribution in [0.25, 0.3) is 0 Å². The highest BCUT2D eigenvalue weighted by molar-refractivity contribution is 7.80. The van der Waals surface area contributed by atoms with Gasteiger partial charge in [0.25, 0.3) is 5.91 Å². The number of halogens is 1. The lowest BCUT2D eigenvalue weighted by molar-refractivity contribution is -0.135. The topological polar surface area (TPSA) is 97.9 Å². The average molecular weight is 423 g/mol. The largest absolute Gasteiger partial charge is 0.493 e. The fourth-order valence-corrected chi connectivity index (χ4v) is 2.44. The second kappa shape index (κ2) is 11.1. The van der Waals surface area contributed by atoms with Crippen molar-refractivity contribution in [1.29, 1.82) is 0 Å². The van der Waals surface area contributed by atoms with Gasteiger partial charge in [-0.3, -0.25) is 15.6 Å². The number of nitrogens with one attached hydrogen (secondary N) is 3. The summed E-state index contributed by atoms with van der Waals surface area (Å²) in [5.74, 6) is -1.00. The van der Waals surface area contributed by atoms with E-state index in [0.717, 1.165) is 0 Å². The maximum absolute atomic E-state index is 13.8. The lowest BCUT2D eigenvalue weighted by atomic mass is 10.0. The van der Waals surface area contributed by atoms with Crippen molar-refractivity contribution in [3.05, 3.63) is 59.1 Å². The van der Waals surface area contributed by atoms with Crippen LogP contribution in [0.1, 0.15) is 12.0 Å². The Hall–Kier alpha value is -2.98. The normalized spacial score (nSPS) is 15.5. The minimum atomic E-state index is -0.605. The third-order valence-corrected chi connectivity index (χ3v) is 4.15.